The van der Waals surface area contributed by atoms with Crippen LogP contribution >= 0.6 is 15.4 Å². The normalized spacial score (nSPS) is 23.3. The Bertz CT molecular complexity index is 391. The summed E-state index contributed by atoms with van der Waals surface area (Å²) in [5.74, 6) is -1.72. The SMILES string of the molecule is C[N+]1(C)CCC(CC(OP(=O)(O)O)P(=O)(O)O)CC1. The summed E-state index contributed by atoms with van der Waals surface area (Å²) in [6.07, 6.45) is 1.48. The third-order valence-corrected chi connectivity index (χ3v) is 5.22. The quantitative estimate of drug-likeness (QED) is 0.429. The predicted octanol–water partition coefficient (Wildman–Crippen LogP) is 0.476. The standard InChI is InChI=1S/C9H21NO7P2/c1-10(2)5-3-8(4-6-10)7-9(18(11,12)13)17-19(14,15)16/h8-9H,3-7H2,1-2H3,(H3-,11,12,13,14,15,16)/p+1. The zero-order chi connectivity index (χ0) is 14.9. The van der Waals surface area contributed by atoms with Gasteiger partial charge in [-0.3, -0.25) is 9.09 Å². The van der Waals surface area contributed by atoms with E-state index in [1.807, 2.05) is 0 Å². The van der Waals surface area contributed by atoms with E-state index in [1.165, 1.54) is 0 Å². The van der Waals surface area contributed by atoms with E-state index >= 15 is 0 Å². The van der Waals surface area contributed by atoms with Gasteiger partial charge in [-0.1, -0.05) is 0 Å². The molecule has 1 aliphatic heterocycles. The van der Waals surface area contributed by atoms with Crippen molar-refractivity contribution in [3.05, 3.63) is 0 Å². The molecule has 1 heterocycles. The van der Waals surface area contributed by atoms with Crippen molar-refractivity contribution in [1.82, 2.24) is 0 Å². The van der Waals surface area contributed by atoms with Crippen molar-refractivity contribution in [3.63, 3.8) is 0 Å². The summed E-state index contributed by atoms with van der Waals surface area (Å²) in [5, 5.41) is 0. The minimum Gasteiger partial charge on any atom is -0.328 e. The van der Waals surface area contributed by atoms with Crippen LogP contribution in [0, 0.1) is 5.92 Å². The van der Waals surface area contributed by atoms with Crippen LogP contribution in [0.4, 0.5) is 0 Å². The van der Waals surface area contributed by atoms with E-state index in [9.17, 15) is 9.13 Å². The van der Waals surface area contributed by atoms with Crippen LogP contribution in [0.15, 0.2) is 0 Å². The highest BCUT2D eigenvalue weighted by Gasteiger charge is 2.39. The molecule has 0 saturated carbocycles. The zero-order valence-corrected chi connectivity index (χ0v) is 12.8. The van der Waals surface area contributed by atoms with Gasteiger partial charge < -0.3 is 24.1 Å². The van der Waals surface area contributed by atoms with Gasteiger partial charge in [0.25, 0.3) is 0 Å². The Labute approximate surface area is 112 Å². The van der Waals surface area contributed by atoms with Crippen LogP contribution in [0.2, 0.25) is 0 Å². The summed E-state index contributed by atoms with van der Waals surface area (Å²) in [5.41, 5.74) is 0. The molecule has 0 amide bonds. The van der Waals surface area contributed by atoms with Crippen LogP contribution < -0.4 is 0 Å². The van der Waals surface area contributed by atoms with E-state index in [2.05, 4.69) is 18.6 Å². The Morgan fingerprint density at radius 2 is 1.63 bits per heavy atom. The molecule has 0 aromatic carbocycles. The molecule has 4 N–H and O–H groups in total. The first kappa shape index (κ1) is 17.3. The molecule has 0 aromatic heterocycles. The third kappa shape index (κ3) is 6.47. The summed E-state index contributed by atoms with van der Waals surface area (Å²) in [4.78, 5) is 35.6. The van der Waals surface area contributed by atoms with Gasteiger partial charge in [-0.15, -0.1) is 0 Å². The lowest BCUT2D eigenvalue weighted by Crippen LogP contribution is -2.46. The molecule has 1 saturated heterocycles. The number of rotatable bonds is 5. The smallest absolute Gasteiger partial charge is 0.328 e. The summed E-state index contributed by atoms with van der Waals surface area (Å²) in [6.45, 7) is 1.74. The molecule has 1 unspecified atom stereocenters. The second-order valence-electron chi connectivity index (χ2n) is 5.70. The van der Waals surface area contributed by atoms with Crippen molar-refractivity contribution in [2.24, 2.45) is 5.92 Å². The van der Waals surface area contributed by atoms with E-state index < -0.39 is 21.3 Å². The highest BCUT2D eigenvalue weighted by molar-refractivity contribution is 7.53. The number of phosphoric acid groups is 1. The van der Waals surface area contributed by atoms with Crippen LogP contribution in [-0.2, 0) is 13.7 Å². The largest absolute Gasteiger partial charge is 0.470 e. The Balaban J connectivity index is 2.64. The maximum absolute atomic E-state index is 11.2. The Kier molecular flexibility index (Phi) is 5.38. The van der Waals surface area contributed by atoms with Crippen molar-refractivity contribution in [2.75, 3.05) is 27.2 Å². The van der Waals surface area contributed by atoms with E-state index in [1.54, 1.807) is 0 Å². The maximum atomic E-state index is 11.2. The van der Waals surface area contributed by atoms with E-state index in [0.29, 0.717) is 0 Å². The lowest BCUT2D eigenvalue weighted by atomic mass is 9.93. The van der Waals surface area contributed by atoms with Crippen molar-refractivity contribution in [2.45, 2.75) is 25.1 Å². The fourth-order valence-electron chi connectivity index (χ4n) is 2.24. The highest BCUT2D eigenvalue weighted by Crippen LogP contribution is 2.53. The van der Waals surface area contributed by atoms with Gasteiger partial charge in [-0.2, -0.15) is 0 Å². The monoisotopic (exact) mass is 318 g/mol. The van der Waals surface area contributed by atoms with E-state index in [4.69, 9.17) is 19.6 Å². The summed E-state index contributed by atoms with van der Waals surface area (Å²) >= 11 is 0. The van der Waals surface area contributed by atoms with Crippen molar-refractivity contribution >= 4 is 15.4 Å². The first-order chi connectivity index (χ1) is 8.39. The van der Waals surface area contributed by atoms with Crippen molar-refractivity contribution in [1.29, 1.82) is 0 Å². The molecule has 8 nitrogen and oxygen atoms in total. The molecule has 0 spiro atoms. The first-order valence-corrected chi connectivity index (χ1v) is 9.21. The topological polar surface area (TPSA) is 124 Å². The minimum absolute atomic E-state index is 0.00956. The minimum atomic E-state index is -4.91. The summed E-state index contributed by atoms with van der Waals surface area (Å²) in [6, 6.07) is 0. The molecule has 10 heteroatoms. The molecule has 0 bridgehead atoms. The van der Waals surface area contributed by atoms with Gasteiger partial charge in [0.05, 0.1) is 27.2 Å². The van der Waals surface area contributed by atoms with Crippen LogP contribution in [0.1, 0.15) is 19.3 Å². The van der Waals surface area contributed by atoms with Gasteiger partial charge in [0.1, 0.15) is 0 Å². The van der Waals surface area contributed by atoms with E-state index in [-0.39, 0.29) is 12.3 Å². The fraction of sp³-hybridized carbons (Fsp3) is 1.00. The Hall–Kier alpha value is 0.220. The molecule has 1 atom stereocenters. The Morgan fingerprint density at radius 1 is 1.16 bits per heavy atom. The molecule has 1 fully saturated rings. The van der Waals surface area contributed by atoms with E-state index in [0.717, 1.165) is 30.4 Å². The molecule has 1 aliphatic rings. The third-order valence-electron chi connectivity index (χ3n) is 3.45. The molecular formula is C9H22NO7P2+. The second kappa shape index (κ2) is 5.92. The van der Waals surface area contributed by atoms with Crippen LogP contribution in [-0.4, -0.2) is 57.1 Å². The molecule has 114 valence electrons. The van der Waals surface area contributed by atoms with Gasteiger partial charge in [0, 0.05) is 0 Å². The average Bonchev–Trinajstić information content (AvgIpc) is 2.16. The molecule has 19 heavy (non-hydrogen) atoms. The predicted molar refractivity (Wildman–Crippen MR) is 68.1 cm³/mol. The van der Waals surface area contributed by atoms with Crippen molar-refractivity contribution < 1.29 is 37.7 Å². The summed E-state index contributed by atoms with van der Waals surface area (Å²) < 4.78 is 27.1. The molecular weight excluding hydrogens is 296 g/mol. The zero-order valence-electron chi connectivity index (χ0n) is 11.0. The molecule has 0 aliphatic carbocycles. The number of phosphoric ester groups is 1. The van der Waals surface area contributed by atoms with Crippen molar-refractivity contribution in [3.8, 4) is 0 Å². The first-order valence-electron chi connectivity index (χ1n) is 6.00. The second-order valence-corrected chi connectivity index (χ2v) is 8.65. The van der Waals surface area contributed by atoms with Gasteiger partial charge in [0.15, 0.2) is 5.85 Å². The number of quaternary nitrogens is 1. The van der Waals surface area contributed by atoms with Crippen LogP contribution in [0.25, 0.3) is 0 Å². The number of likely N-dealkylation sites (tertiary alicyclic amines) is 1. The van der Waals surface area contributed by atoms with Crippen LogP contribution in [0.5, 0.6) is 0 Å². The van der Waals surface area contributed by atoms with Gasteiger partial charge in [-0.25, -0.2) is 4.57 Å². The molecule has 0 aromatic rings. The molecule has 1 rings (SSSR count). The lowest BCUT2D eigenvalue weighted by molar-refractivity contribution is -0.896. The van der Waals surface area contributed by atoms with Gasteiger partial charge >= 0.3 is 15.4 Å². The number of piperidine rings is 1. The average molecular weight is 318 g/mol. The lowest BCUT2D eigenvalue weighted by Gasteiger charge is -2.38. The highest BCUT2D eigenvalue weighted by atomic mass is 31.2. The van der Waals surface area contributed by atoms with Gasteiger partial charge in [-0.05, 0) is 25.2 Å². The number of nitrogens with zero attached hydrogens (tertiary/aromatic N) is 1. The Morgan fingerprint density at radius 3 is 2.00 bits per heavy atom. The molecule has 0 radical (unpaired) electrons. The summed E-state index contributed by atoms with van der Waals surface area (Å²) in [7, 11) is -5.45. The maximum Gasteiger partial charge on any atom is 0.470 e. The number of hydrogen-bond donors (Lipinski definition) is 4. The van der Waals surface area contributed by atoms with Crippen LogP contribution in [0.3, 0.4) is 0 Å². The fourth-order valence-corrected chi connectivity index (χ4v) is 4.08. The number of hydrogen-bond acceptors (Lipinski definition) is 3. The van der Waals surface area contributed by atoms with Gasteiger partial charge in [0.2, 0.25) is 0 Å².